The normalized spacial score (nSPS) is 18.3. The third-order valence-corrected chi connectivity index (χ3v) is 5.61. The molecule has 1 aliphatic rings. The lowest BCUT2D eigenvalue weighted by Gasteiger charge is -2.21. The van der Waals surface area contributed by atoms with E-state index in [4.69, 9.17) is 5.11 Å². The zero-order valence-electron chi connectivity index (χ0n) is 10.8. The number of carboxylic acid groups (broad SMARTS) is 1. The standard InChI is InChI=1S/C13H16N2O3S2/c16-12(17)9-1-3-10(4-2-9)15-13(18)14-7-11-8-19-5-6-20-11/h1-4,11H,5-8H2,(H,16,17)(H2,14,15,18). The predicted octanol–water partition coefficient (Wildman–Crippen LogP) is 2.35. The number of anilines is 1. The quantitative estimate of drug-likeness (QED) is 0.795. The highest BCUT2D eigenvalue weighted by Gasteiger charge is 2.15. The summed E-state index contributed by atoms with van der Waals surface area (Å²) in [5.41, 5.74) is 0.782. The van der Waals surface area contributed by atoms with Crippen molar-refractivity contribution in [3.05, 3.63) is 29.8 Å². The zero-order chi connectivity index (χ0) is 14.4. The highest BCUT2D eigenvalue weighted by molar-refractivity contribution is 8.06. The maximum Gasteiger partial charge on any atom is 0.335 e. The molecule has 1 heterocycles. The van der Waals surface area contributed by atoms with Crippen LogP contribution in [-0.2, 0) is 0 Å². The van der Waals surface area contributed by atoms with Crippen molar-refractivity contribution in [2.45, 2.75) is 5.25 Å². The summed E-state index contributed by atoms with van der Waals surface area (Å²) in [5, 5.41) is 14.8. The Bertz CT molecular complexity index is 473. The second-order valence-electron chi connectivity index (χ2n) is 4.29. The van der Waals surface area contributed by atoms with E-state index < -0.39 is 5.97 Å². The molecule has 7 heteroatoms. The number of amides is 2. The van der Waals surface area contributed by atoms with E-state index in [-0.39, 0.29) is 11.6 Å². The number of carbonyl (C=O) groups is 2. The second kappa shape index (κ2) is 7.44. The number of aromatic carboxylic acids is 1. The number of carboxylic acids is 1. The van der Waals surface area contributed by atoms with Crippen molar-refractivity contribution in [2.75, 3.05) is 29.1 Å². The van der Waals surface area contributed by atoms with Gasteiger partial charge in [0.15, 0.2) is 0 Å². The highest BCUT2D eigenvalue weighted by Crippen LogP contribution is 2.23. The molecule has 0 saturated carbocycles. The summed E-state index contributed by atoms with van der Waals surface area (Å²) in [6, 6.07) is 5.82. The van der Waals surface area contributed by atoms with E-state index in [1.54, 1.807) is 12.1 Å². The van der Waals surface area contributed by atoms with Crippen LogP contribution in [0.3, 0.4) is 0 Å². The van der Waals surface area contributed by atoms with Gasteiger partial charge in [-0.15, -0.1) is 0 Å². The zero-order valence-corrected chi connectivity index (χ0v) is 12.4. The van der Waals surface area contributed by atoms with Crippen molar-refractivity contribution in [3.8, 4) is 0 Å². The lowest BCUT2D eigenvalue weighted by molar-refractivity contribution is 0.0697. The maximum atomic E-state index is 11.7. The van der Waals surface area contributed by atoms with Gasteiger partial charge in [-0.1, -0.05) is 0 Å². The molecule has 3 N–H and O–H groups in total. The van der Waals surface area contributed by atoms with Crippen LogP contribution in [0, 0.1) is 0 Å². The summed E-state index contributed by atoms with van der Waals surface area (Å²) >= 11 is 3.80. The van der Waals surface area contributed by atoms with Gasteiger partial charge in [-0.05, 0) is 24.3 Å². The number of nitrogens with one attached hydrogen (secondary N) is 2. The van der Waals surface area contributed by atoms with Gasteiger partial charge in [-0.25, -0.2) is 9.59 Å². The Morgan fingerprint density at radius 1 is 1.25 bits per heavy atom. The largest absolute Gasteiger partial charge is 0.478 e. The summed E-state index contributed by atoms with van der Waals surface area (Å²) in [5.74, 6) is 2.41. The van der Waals surface area contributed by atoms with Gasteiger partial charge in [0.2, 0.25) is 0 Å². The van der Waals surface area contributed by atoms with Crippen molar-refractivity contribution < 1.29 is 14.7 Å². The van der Waals surface area contributed by atoms with Gasteiger partial charge in [0.1, 0.15) is 0 Å². The van der Waals surface area contributed by atoms with Gasteiger partial charge in [-0.3, -0.25) is 0 Å². The number of benzene rings is 1. The Kier molecular flexibility index (Phi) is 5.60. The Balaban J connectivity index is 1.77. The first kappa shape index (κ1) is 15.1. The van der Waals surface area contributed by atoms with Crippen LogP contribution in [0.4, 0.5) is 10.5 Å². The summed E-state index contributed by atoms with van der Waals surface area (Å²) in [6.45, 7) is 0.650. The molecular formula is C13H16N2O3S2. The van der Waals surface area contributed by atoms with Crippen LogP contribution < -0.4 is 10.6 Å². The number of hydrogen-bond donors (Lipinski definition) is 3. The molecule has 0 aromatic heterocycles. The number of rotatable bonds is 4. The van der Waals surface area contributed by atoms with Crippen molar-refractivity contribution >= 4 is 41.2 Å². The van der Waals surface area contributed by atoms with Gasteiger partial charge in [0.25, 0.3) is 0 Å². The van der Waals surface area contributed by atoms with Gasteiger partial charge in [0, 0.05) is 34.7 Å². The van der Waals surface area contributed by atoms with E-state index >= 15 is 0 Å². The first-order valence-electron chi connectivity index (χ1n) is 6.22. The van der Waals surface area contributed by atoms with Crippen LogP contribution in [-0.4, -0.2) is 46.2 Å². The fraction of sp³-hybridized carbons (Fsp3) is 0.385. The maximum absolute atomic E-state index is 11.7. The van der Waals surface area contributed by atoms with Gasteiger partial charge in [0.05, 0.1) is 5.56 Å². The molecule has 2 amide bonds. The monoisotopic (exact) mass is 312 g/mol. The molecule has 0 radical (unpaired) electrons. The average Bonchev–Trinajstić information content (AvgIpc) is 2.47. The minimum atomic E-state index is -0.979. The molecule has 0 aliphatic carbocycles. The number of thioether (sulfide) groups is 2. The van der Waals surface area contributed by atoms with Gasteiger partial charge >= 0.3 is 12.0 Å². The second-order valence-corrected chi connectivity index (χ2v) is 6.84. The third kappa shape index (κ3) is 4.64. The lowest BCUT2D eigenvalue weighted by atomic mass is 10.2. The Morgan fingerprint density at radius 3 is 2.60 bits per heavy atom. The Morgan fingerprint density at radius 2 is 2.00 bits per heavy atom. The minimum Gasteiger partial charge on any atom is -0.478 e. The third-order valence-electron chi connectivity index (χ3n) is 2.76. The predicted molar refractivity (Wildman–Crippen MR) is 84.0 cm³/mol. The molecule has 108 valence electrons. The van der Waals surface area contributed by atoms with Crippen molar-refractivity contribution in [1.82, 2.24) is 5.32 Å². The van der Waals surface area contributed by atoms with Crippen LogP contribution in [0.1, 0.15) is 10.4 Å². The molecular weight excluding hydrogens is 296 g/mol. The van der Waals surface area contributed by atoms with E-state index in [1.807, 2.05) is 23.5 Å². The molecule has 5 nitrogen and oxygen atoms in total. The summed E-state index contributed by atoms with van der Waals surface area (Å²) in [6.07, 6.45) is 0. The van der Waals surface area contributed by atoms with Crippen molar-refractivity contribution in [3.63, 3.8) is 0 Å². The molecule has 1 atom stereocenters. The summed E-state index contributed by atoms with van der Waals surface area (Å²) in [4.78, 5) is 22.4. The van der Waals surface area contributed by atoms with E-state index in [0.717, 1.165) is 11.5 Å². The average molecular weight is 312 g/mol. The molecule has 2 rings (SSSR count). The fourth-order valence-corrected chi connectivity index (χ4v) is 4.34. The van der Waals surface area contributed by atoms with E-state index in [1.165, 1.54) is 17.9 Å². The first-order valence-corrected chi connectivity index (χ1v) is 8.43. The van der Waals surface area contributed by atoms with Gasteiger partial charge < -0.3 is 15.7 Å². The van der Waals surface area contributed by atoms with E-state index in [9.17, 15) is 9.59 Å². The SMILES string of the molecule is O=C(NCC1CSCCS1)Nc1ccc(C(=O)O)cc1. The van der Waals surface area contributed by atoms with Crippen LogP contribution in [0.2, 0.25) is 0 Å². The number of carbonyl (C=O) groups excluding carboxylic acids is 1. The summed E-state index contributed by atoms with van der Waals surface area (Å²) < 4.78 is 0. The molecule has 0 spiro atoms. The fourth-order valence-electron chi connectivity index (χ4n) is 1.73. The molecule has 1 unspecified atom stereocenters. The van der Waals surface area contributed by atoms with Crippen molar-refractivity contribution in [2.24, 2.45) is 0 Å². The lowest BCUT2D eigenvalue weighted by Crippen LogP contribution is -2.36. The molecule has 1 aromatic carbocycles. The van der Waals surface area contributed by atoms with Crippen LogP contribution in [0.25, 0.3) is 0 Å². The van der Waals surface area contributed by atoms with Crippen LogP contribution in [0.5, 0.6) is 0 Å². The van der Waals surface area contributed by atoms with E-state index in [0.29, 0.717) is 17.5 Å². The van der Waals surface area contributed by atoms with Crippen molar-refractivity contribution in [1.29, 1.82) is 0 Å². The van der Waals surface area contributed by atoms with Crippen LogP contribution in [0.15, 0.2) is 24.3 Å². The molecule has 1 fully saturated rings. The molecule has 1 aliphatic heterocycles. The van der Waals surface area contributed by atoms with Crippen LogP contribution >= 0.6 is 23.5 Å². The topological polar surface area (TPSA) is 78.4 Å². The Labute approximate surface area is 125 Å². The number of urea groups is 1. The molecule has 1 saturated heterocycles. The smallest absolute Gasteiger partial charge is 0.335 e. The van der Waals surface area contributed by atoms with E-state index in [2.05, 4.69) is 10.6 Å². The first-order chi connectivity index (χ1) is 9.65. The minimum absolute atomic E-state index is 0.201. The molecule has 0 bridgehead atoms. The summed E-state index contributed by atoms with van der Waals surface area (Å²) in [7, 11) is 0. The number of hydrogen-bond acceptors (Lipinski definition) is 4. The van der Waals surface area contributed by atoms with Gasteiger partial charge in [-0.2, -0.15) is 23.5 Å². The Hall–Kier alpha value is -1.34. The molecule has 20 heavy (non-hydrogen) atoms. The highest BCUT2D eigenvalue weighted by atomic mass is 32.2. The molecule has 1 aromatic rings.